The van der Waals surface area contributed by atoms with Gasteiger partial charge in [0.15, 0.2) is 0 Å². The average molecular weight is 538 g/mol. The van der Waals surface area contributed by atoms with Gasteiger partial charge in [0.1, 0.15) is 18.3 Å². The minimum absolute atomic E-state index is 0.0289. The molecule has 0 aliphatic rings. The third kappa shape index (κ3) is 6.92. The number of aryl methyl sites for hydroxylation is 1. The summed E-state index contributed by atoms with van der Waals surface area (Å²) in [5, 5.41) is 2.63. The molecule has 202 valence electrons. The minimum Gasteiger partial charge on any atom is -0.494 e. The molecule has 9 heteroatoms. The van der Waals surface area contributed by atoms with Crippen LogP contribution in [-0.4, -0.2) is 51.4 Å². The van der Waals surface area contributed by atoms with Crippen LogP contribution in [0, 0.1) is 6.92 Å². The van der Waals surface area contributed by atoms with Gasteiger partial charge in [-0.05, 0) is 62.2 Å². The van der Waals surface area contributed by atoms with E-state index in [1.54, 1.807) is 42.5 Å². The lowest BCUT2D eigenvalue weighted by atomic mass is 10.1. The van der Waals surface area contributed by atoms with Crippen molar-refractivity contribution in [2.24, 2.45) is 0 Å². The van der Waals surface area contributed by atoms with Gasteiger partial charge < -0.3 is 15.0 Å². The Hall–Kier alpha value is -3.85. The van der Waals surface area contributed by atoms with Crippen molar-refractivity contribution in [2.75, 3.05) is 24.5 Å². The average Bonchev–Trinajstić information content (AvgIpc) is 2.92. The Morgan fingerprint density at radius 2 is 1.63 bits per heavy atom. The topological polar surface area (TPSA) is 96.0 Å². The monoisotopic (exact) mass is 537 g/mol. The van der Waals surface area contributed by atoms with Gasteiger partial charge in [-0.15, -0.1) is 0 Å². The molecule has 3 aromatic carbocycles. The Labute approximate surface area is 225 Å². The molecule has 2 amide bonds. The molecule has 0 aliphatic heterocycles. The highest BCUT2D eigenvalue weighted by Gasteiger charge is 2.33. The SMILES string of the molecule is CCOc1ccc(S(=O)(=O)N(CC(=O)N(Cc2cccc(C)c2)C(CC)C(=O)NC)c2ccccc2)cc1. The van der Waals surface area contributed by atoms with Crippen LogP contribution in [0.4, 0.5) is 5.69 Å². The van der Waals surface area contributed by atoms with E-state index >= 15 is 0 Å². The maximum atomic E-state index is 13.9. The molecule has 0 heterocycles. The third-order valence-electron chi connectivity index (χ3n) is 6.11. The van der Waals surface area contributed by atoms with Crippen LogP contribution >= 0.6 is 0 Å². The number of sulfonamides is 1. The number of likely N-dealkylation sites (N-methyl/N-ethyl adjacent to an activating group) is 1. The third-order valence-corrected chi connectivity index (χ3v) is 7.90. The van der Waals surface area contributed by atoms with E-state index in [9.17, 15) is 18.0 Å². The lowest BCUT2D eigenvalue weighted by Crippen LogP contribution is -2.51. The Bertz CT molecular complexity index is 1330. The van der Waals surface area contributed by atoms with Gasteiger partial charge in [-0.1, -0.05) is 55.0 Å². The maximum Gasteiger partial charge on any atom is 0.264 e. The van der Waals surface area contributed by atoms with E-state index < -0.39 is 28.5 Å². The van der Waals surface area contributed by atoms with Gasteiger partial charge in [0.05, 0.1) is 17.2 Å². The fraction of sp³-hybridized carbons (Fsp3) is 0.310. The predicted molar refractivity (Wildman–Crippen MR) is 148 cm³/mol. The molecule has 0 radical (unpaired) electrons. The van der Waals surface area contributed by atoms with Gasteiger partial charge in [-0.2, -0.15) is 0 Å². The summed E-state index contributed by atoms with van der Waals surface area (Å²) in [6.45, 7) is 5.76. The molecule has 38 heavy (non-hydrogen) atoms. The van der Waals surface area contributed by atoms with Gasteiger partial charge in [0.25, 0.3) is 10.0 Å². The Kier molecular flexibility index (Phi) is 9.90. The molecule has 8 nitrogen and oxygen atoms in total. The minimum atomic E-state index is -4.12. The molecule has 0 saturated carbocycles. The molecule has 0 fully saturated rings. The van der Waals surface area contributed by atoms with Gasteiger partial charge >= 0.3 is 0 Å². The number of carbonyl (C=O) groups is 2. The maximum absolute atomic E-state index is 13.9. The summed E-state index contributed by atoms with van der Waals surface area (Å²) in [4.78, 5) is 28.1. The summed E-state index contributed by atoms with van der Waals surface area (Å²) < 4.78 is 34.2. The van der Waals surface area contributed by atoms with E-state index in [2.05, 4.69) is 5.32 Å². The van der Waals surface area contributed by atoms with Crippen LogP contribution in [0.15, 0.2) is 83.8 Å². The fourth-order valence-electron chi connectivity index (χ4n) is 4.22. The van der Waals surface area contributed by atoms with Crippen molar-refractivity contribution in [2.45, 2.75) is 44.7 Å². The number of nitrogens with zero attached hydrogens (tertiary/aromatic N) is 2. The van der Waals surface area contributed by atoms with Crippen molar-refractivity contribution in [3.05, 3.63) is 90.0 Å². The number of hydrogen-bond donors (Lipinski definition) is 1. The summed E-state index contributed by atoms with van der Waals surface area (Å²) in [5.41, 5.74) is 2.21. The summed E-state index contributed by atoms with van der Waals surface area (Å²) in [5.74, 6) is -0.246. The fourth-order valence-corrected chi connectivity index (χ4v) is 5.63. The number of para-hydroxylation sites is 1. The normalized spacial score (nSPS) is 11.9. The number of benzene rings is 3. The zero-order valence-electron chi connectivity index (χ0n) is 22.3. The molecule has 1 atom stereocenters. The number of amides is 2. The van der Waals surface area contributed by atoms with Gasteiger partial charge in [-0.25, -0.2) is 8.42 Å². The first-order chi connectivity index (χ1) is 18.2. The van der Waals surface area contributed by atoms with Gasteiger partial charge in [-0.3, -0.25) is 13.9 Å². The summed E-state index contributed by atoms with van der Waals surface area (Å²) in [6, 6.07) is 21.5. The van der Waals surface area contributed by atoms with E-state index in [1.165, 1.54) is 24.1 Å². The van der Waals surface area contributed by atoms with E-state index in [0.717, 1.165) is 15.4 Å². The second kappa shape index (κ2) is 13.1. The van der Waals surface area contributed by atoms with E-state index in [0.29, 0.717) is 24.5 Å². The van der Waals surface area contributed by atoms with Crippen molar-refractivity contribution in [1.29, 1.82) is 0 Å². The molecular weight excluding hydrogens is 502 g/mol. The number of rotatable bonds is 12. The first-order valence-corrected chi connectivity index (χ1v) is 14.0. The molecule has 0 spiro atoms. The summed E-state index contributed by atoms with van der Waals surface area (Å²) in [6.07, 6.45) is 0.369. The molecule has 0 aliphatic carbocycles. The highest BCUT2D eigenvalue weighted by molar-refractivity contribution is 7.92. The number of ether oxygens (including phenoxy) is 1. The molecule has 0 bridgehead atoms. The number of nitrogens with one attached hydrogen (secondary N) is 1. The van der Waals surface area contributed by atoms with Crippen LogP contribution in [0.3, 0.4) is 0 Å². The van der Waals surface area contributed by atoms with Crippen LogP contribution in [0.2, 0.25) is 0 Å². The molecule has 0 saturated heterocycles. The smallest absolute Gasteiger partial charge is 0.264 e. The quantitative estimate of drug-likeness (QED) is 0.375. The Morgan fingerprint density at radius 1 is 0.947 bits per heavy atom. The van der Waals surface area contributed by atoms with Crippen molar-refractivity contribution in [3.8, 4) is 5.75 Å². The van der Waals surface area contributed by atoms with Crippen LogP contribution in [-0.2, 0) is 26.2 Å². The zero-order chi connectivity index (χ0) is 27.7. The van der Waals surface area contributed by atoms with Crippen LogP contribution in [0.25, 0.3) is 0 Å². The van der Waals surface area contributed by atoms with Crippen molar-refractivity contribution in [1.82, 2.24) is 10.2 Å². The standard InChI is InChI=1S/C29H35N3O5S/c1-5-27(29(34)30-4)31(20-23-12-10-11-22(3)19-23)28(33)21-32(24-13-8-7-9-14-24)38(35,36)26-17-15-25(16-18-26)37-6-2/h7-19,27H,5-6,20-21H2,1-4H3,(H,30,34). The van der Waals surface area contributed by atoms with Crippen LogP contribution in [0.1, 0.15) is 31.4 Å². The van der Waals surface area contributed by atoms with Crippen molar-refractivity contribution >= 4 is 27.5 Å². The lowest BCUT2D eigenvalue weighted by molar-refractivity contribution is -0.140. The second-order valence-electron chi connectivity index (χ2n) is 8.80. The zero-order valence-corrected chi connectivity index (χ0v) is 23.1. The molecule has 3 aromatic rings. The molecule has 1 unspecified atom stereocenters. The van der Waals surface area contributed by atoms with E-state index in [1.807, 2.05) is 45.0 Å². The molecular formula is C29H35N3O5S. The predicted octanol–water partition coefficient (Wildman–Crippen LogP) is 4.14. The van der Waals surface area contributed by atoms with E-state index in [-0.39, 0.29) is 17.3 Å². The molecule has 1 N–H and O–H groups in total. The number of anilines is 1. The van der Waals surface area contributed by atoms with Crippen molar-refractivity contribution in [3.63, 3.8) is 0 Å². The first-order valence-electron chi connectivity index (χ1n) is 12.6. The summed E-state index contributed by atoms with van der Waals surface area (Å²) in [7, 11) is -2.60. The largest absolute Gasteiger partial charge is 0.494 e. The van der Waals surface area contributed by atoms with Crippen molar-refractivity contribution < 1.29 is 22.7 Å². The van der Waals surface area contributed by atoms with Crippen LogP contribution in [0.5, 0.6) is 5.75 Å². The second-order valence-corrected chi connectivity index (χ2v) is 10.7. The lowest BCUT2D eigenvalue weighted by Gasteiger charge is -2.33. The van der Waals surface area contributed by atoms with Crippen LogP contribution < -0.4 is 14.4 Å². The first kappa shape index (κ1) is 28.7. The Balaban J connectivity index is 2.02. The highest BCUT2D eigenvalue weighted by atomic mass is 32.2. The van der Waals surface area contributed by atoms with Gasteiger partial charge in [0, 0.05) is 13.6 Å². The summed E-state index contributed by atoms with van der Waals surface area (Å²) >= 11 is 0. The molecule has 0 aromatic heterocycles. The van der Waals surface area contributed by atoms with E-state index in [4.69, 9.17) is 4.74 Å². The highest BCUT2D eigenvalue weighted by Crippen LogP contribution is 2.26. The number of carbonyl (C=O) groups excluding carboxylic acids is 2. The molecule has 3 rings (SSSR count). The van der Waals surface area contributed by atoms with Gasteiger partial charge in [0.2, 0.25) is 11.8 Å². The number of hydrogen-bond acceptors (Lipinski definition) is 5. The Morgan fingerprint density at radius 3 is 2.21 bits per heavy atom.